The standard InChI is InChI=1S/C22H24F3N3O/c23-22(24,25)18-9-6-11-19(16-18)26-13-14-28(21(26)29)27-12-5-4-10-20(27)15-17-7-2-1-3-8-17/h1-3,6-9,11,16,20H,4-5,10,12-15H2/t20-/m1/s1. The third kappa shape index (κ3) is 4.24. The third-order valence-electron chi connectivity index (χ3n) is 5.69. The fraction of sp³-hybridized carbons (Fsp3) is 0.409. The van der Waals surface area contributed by atoms with Crippen molar-refractivity contribution in [2.45, 2.75) is 37.9 Å². The van der Waals surface area contributed by atoms with Gasteiger partial charge in [0.15, 0.2) is 0 Å². The molecule has 0 aromatic heterocycles. The number of carbonyl (C=O) groups is 1. The number of nitrogens with zero attached hydrogens (tertiary/aromatic N) is 3. The fourth-order valence-electron chi connectivity index (χ4n) is 4.25. The second-order valence-corrected chi connectivity index (χ2v) is 7.61. The molecule has 154 valence electrons. The number of rotatable bonds is 4. The van der Waals surface area contributed by atoms with E-state index in [4.69, 9.17) is 0 Å². The van der Waals surface area contributed by atoms with Crippen LogP contribution < -0.4 is 4.90 Å². The molecule has 2 aromatic rings. The Morgan fingerprint density at radius 2 is 1.72 bits per heavy atom. The summed E-state index contributed by atoms with van der Waals surface area (Å²) < 4.78 is 39.2. The van der Waals surface area contributed by atoms with Crippen molar-refractivity contribution in [3.05, 3.63) is 65.7 Å². The van der Waals surface area contributed by atoms with Gasteiger partial charge in [0.1, 0.15) is 0 Å². The van der Waals surface area contributed by atoms with Crippen LogP contribution in [0.3, 0.4) is 0 Å². The van der Waals surface area contributed by atoms with Gasteiger partial charge in [0, 0.05) is 24.8 Å². The zero-order valence-corrected chi connectivity index (χ0v) is 16.1. The van der Waals surface area contributed by atoms with E-state index in [0.29, 0.717) is 18.8 Å². The Bertz CT molecular complexity index is 856. The van der Waals surface area contributed by atoms with Crippen LogP contribution in [0.2, 0.25) is 0 Å². The predicted octanol–water partition coefficient (Wildman–Crippen LogP) is 4.96. The lowest BCUT2D eigenvalue weighted by Gasteiger charge is -2.41. The van der Waals surface area contributed by atoms with Crippen molar-refractivity contribution in [3.8, 4) is 0 Å². The first-order chi connectivity index (χ1) is 13.9. The number of benzene rings is 2. The first-order valence-corrected chi connectivity index (χ1v) is 10.0. The summed E-state index contributed by atoms with van der Waals surface area (Å²) in [7, 11) is 0. The van der Waals surface area contributed by atoms with Crippen LogP contribution in [0.4, 0.5) is 23.7 Å². The van der Waals surface area contributed by atoms with E-state index < -0.39 is 11.7 Å². The highest BCUT2D eigenvalue weighted by molar-refractivity contribution is 5.93. The summed E-state index contributed by atoms with van der Waals surface area (Å²) in [5, 5.41) is 3.86. The van der Waals surface area contributed by atoms with Gasteiger partial charge in [0.25, 0.3) is 0 Å². The van der Waals surface area contributed by atoms with Gasteiger partial charge < -0.3 is 0 Å². The Balaban J connectivity index is 1.51. The Labute approximate surface area is 168 Å². The normalized spacial score (nSPS) is 21.1. The summed E-state index contributed by atoms with van der Waals surface area (Å²) in [6.45, 7) is 1.66. The number of halogens is 3. The Hall–Kier alpha value is -2.54. The van der Waals surface area contributed by atoms with E-state index in [0.717, 1.165) is 44.4 Å². The first kappa shape index (κ1) is 19.8. The fourth-order valence-corrected chi connectivity index (χ4v) is 4.25. The highest BCUT2D eigenvalue weighted by Gasteiger charge is 2.38. The van der Waals surface area contributed by atoms with Crippen LogP contribution in [0, 0.1) is 0 Å². The van der Waals surface area contributed by atoms with Gasteiger partial charge in [0.2, 0.25) is 0 Å². The summed E-state index contributed by atoms with van der Waals surface area (Å²) in [6.07, 6.45) is -0.436. The van der Waals surface area contributed by atoms with Crippen LogP contribution in [0.1, 0.15) is 30.4 Å². The van der Waals surface area contributed by atoms with Crippen LogP contribution in [0.15, 0.2) is 54.6 Å². The average molecular weight is 403 g/mol. The molecule has 0 bridgehead atoms. The van der Waals surface area contributed by atoms with Crippen molar-refractivity contribution >= 4 is 11.7 Å². The van der Waals surface area contributed by atoms with E-state index in [9.17, 15) is 18.0 Å². The molecular formula is C22H24F3N3O. The van der Waals surface area contributed by atoms with Crippen LogP contribution >= 0.6 is 0 Å². The van der Waals surface area contributed by atoms with Gasteiger partial charge in [-0.05, 0) is 43.0 Å². The van der Waals surface area contributed by atoms with Gasteiger partial charge in [-0.1, -0.05) is 42.8 Å². The van der Waals surface area contributed by atoms with Gasteiger partial charge in [-0.15, -0.1) is 0 Å². The topological polar surface area (TPSA) is 26.8 Å². The van der Waals surface area contributed by atoms with Gasteiger partial charge in [0.05, 0.1) is 12.1 Å². The molecule has 1 atom stereocenters. The molecule has 0 saturated carbocycles. The van der Waals surface area contributed by atoms with E-state index in [1.165, 1.54) is 16.5 Å². The van der Waals surface area contributed by atoms with Gasteiger partial charge >= 0.3 is 12.2 Å². The van der Waals surface area contributed by atoms with Crippen LogP contribution in [0.25, 0.3) is 0 Å². The van der Waals surface area contributed by atoms with E-state index in [1.807, 2.05) is 18.2 Å². The monoisotopic (exact) mass is 403 g/mol. The number of amides is 2. The summed E-state index contributed by atoms with van der Waals surface area (Å²) >= 11 is 0. The Morgan fingerprint density at radius 1 is 0.931 bits per heavy atom. The number of urea groups is 1. The third-order valence-corrected chi connectivity index (χ3v) is 5.69. The zero-order valence-electron chi connectivity index (χ0n) is 16.1. The maximum atomic E-state index is 13.1. The van der Waals surface area contributed by atoms with E-state index in [-0.39, 0.29) is 12.1 Å². The minimum atomic E-state index is -4.42. The molecule has 2 aromatic carbocycles. The van der Waals surface area contributed by atoms with Crippen molar-refractivity contribution in [1.82, 2.24) is 10.0 Å². The second kappa shape index (κ2) is 8.06. The quantitative estimate of drug-likeness (QED) is 0.722. The maximum Gasteiger partial charge on any atom is 0.416 e. The highest BCUT2D eigenvalue weighted by Crippen LogP contribution is 2.33. The molecule has 0 N–H and O–H groups in total. The molecule has 2 heterocycles. The summed E-state index contributed by atoms with van der Waals surface area (Å²) in [5.41, 5.74) is 0.788. The number of anilines is 1. The number of carbonyl (C=O) groups excluding carboxylic acids is 1. The lowest BCUT2D eigenvalue weighted by atomic mass is 9.97. The number of hydrogen-bond acceptors (Lipinski definition) is 2. The van der Waals surface area contributed by atoms with Gasteiger partial charge in [-0.25, -0.2) is 9.80 Å². The lowest BCUT2D eigenvalue weighted by Crippen LogP contribution is -2.53. The minimum absolute atomic E-state index is 0.219. The van der Waals surface area contributed by atoms with Crippen LogP contribution in [-0.4, -0.2) is 41.7 Å². The van der Waals surface area contributed by atoms with E-state index in [1.54, 1.807) is 11.1 Å². The van der Waals surface area contributed by atoms with Crippen molar-refractivity contribution in [2.75, 3.05) is 24.5 Å². The van der Waals surface area contributed by atoms with Crippen molar-refractivity contribution in [2.24, 2.45) is 0 Å². The summed E-state index contributed by atoms with van der Waals surface area (Å²) in [5.74, 6) is 0. The highest BCUT2D eigenvalue weighted by atomic mass is 19.4. The second-order valence-electron chi connectivity index (χ2n) is 7.61. The summed E-state index contributed by atoms with van der Waals surface area (Å²) in [6, 6.07) is 15.2. The van der Waals surface area contributed by atoms with Crippen molar-refractivity contribution < 1.29 is 18.0 Å². The molecule has 4 rings (SSSR count). The molecule has 4 nitrogen and oxygen atoms in total. The largest absolute Gasteiger partial charge is 0.416 e. The maximum absolute atomic E-state index is 13.1. The molecule has 2 aliphatic rings. The molecular weight excluding hydrogens is 379 g/mol. The van der Waals surface area contributed by atoms with Crippen LogP contribution in [0.5, 0.6) is 0 Å². The van der Waals surface area contributed by atoms with Crippen molar-refractivity contribution in [3.63, 3.8) is 0 Å². The number of hydrazine groups is 1. The van der Waals surface area contributed by atoms with E-state index in [2.05, 4.69) is 17.1 Å². The minimum Gasteiger partial charge on any atom is -0.291 e. The Morgan fingerprint density at radius 3 is 2.48 bits per heavy atom. The van der Waals surface area contributed by atoms with Crippen molar-refractivity contribution in [1.29, 1.82) is 0 Å². The molecule has 2 fully saturated rings. The molecule has 29 heavy (non-hydrogen) atoms. The molecule has 0 spiro atoms. The Kier molecular flexibility index (Phi) is 5.50. The molecule has 2 amide bonds. The van der Waals surface area contributed by atoms with Crippen LogP contribution in [-0.2, 0) is 12.6 Å². The van der Waals surface area contributed by atoms with E-state index >= 15 is 0 Å². The number of hydrogen-bond donors (Lipinski definition) is 0. The molecule has 0 unspecified atom stereocenters. The zero-order chi connectivity index (χ0) is 20.4. The average Bonchev–Trinajstić information content (AvgIpc) is 3.10. The number of alkyl halides is 3. The smallest absolute Gasteiger partial charge is 0.291 e. The molecule has 7 heteroatoms. The van der Waals surface area contributed by atoms with Gasteiger partial charge in [-0.2, -0.15) is 13.2 Å². The van der Waals surface area contributed by atoms with Gasteiger partial charge in [-0.3, -0.25) is 9.91 Å². The molecule has 2 aliphatic heterocycles. The first-order valence-electron chi connectivity index (χ1n) is 10.0. The SMILES string of the molecule is O=C1N(c2cccc(C(F)(F)F)c2)CCN1N1CCCC[C@@H]1Cc1ccccc1. The molecule has 0 aliphatic carbocycles. The molecule has 0 radical (unpaired) electrons. The summed E-state index contributed by atoms with van der Waals surface area (Å²) in [4.78, 5) is 14.5. The lowest BCUT2D eigenvalue weighted by molar-refractivity contribution is -0.137. The molecule has 2 saturated heterocycles. The number of piperidine rings is 1. The predicted molar refractivity (Wildman–Crippen MR) is 105 cm³/mol.